The third kappa shape index (κ3) is 4.54. The number of hydrogen-bond donors (Lipinski definition) is 2. The van der Waals surface area contributed by atoms with Gasteiger partial charge in [-0.15, -0.1) is 0 Å². The minimum absolute atomic E-state index is 0.209. The minimum atomic E-state index is -0.209. The van der Waals surface area contributed by atoms with Crippen LogP contribution in [0, 0.1) is 12.7 Å². The summed E-state index contributed by atoms with van der Waals surface area (Å²) in [4.78, 5) is 2.10. The highest BCUT2D eigenvalue weighted by Crippen LogP contribution is 2.26. The van der Waals surface area contributed by atoms with E-state index in [4.69, 9.17) is 12.2 Å². The number of aryl methyl sites for hydroxylation is 1. The molecular weight excluding hydrogens is 335 g/mol. The number of hydrogen-bond acceptors (Lipinski definition) is 3. The van der Waals surface area contributed by atoms with E-state index in [1.807, 2.05) is 43.3 Å². The number of hydrazone groups is 1. The van der Waals surface area contributed by atoms with Gasteiger partial charge >= 0.3 is 0 Å². The third-order valence-electron chi connectivity index (χ3n) is 4.18. The molecule has 0 spiro atoms. The predicted molar refractivity (Wildman–Crippen MR) is 106 cm³/mol. The van der Waals surface area contributed by atoms with Crippen molar-refractivity contribution in [2.45, 2.75) is 19.8 Å². The second kappa shape index (κ2) is 8.07. The van der Waals surface area contributed by atoms with Gasteiger partial charge in [-0.05, 0) is 61.8 Å². The van der Waals surface area contributed by atoms with Crippen molar-refractivity contribution in [1.29, 1.82) is 0 Å². The summed E-state index contributed by atoms with van der Waals surface area (Å²) in [6.45, 7) is 3.80. The zero-order valence-corrected chi connectivity index (χ0v) is 14.9. The maximum atomic E-state index is 14.4. The second-order valence-electron chi connectivity index (χ2n) is 6.04. The van der Waals surface area contributed by atoms with Crippen LogP contribution in [0.5, 0.6) is 0 Å². The van der Waals surface area contributed by atoms with Crippen LogP contribution in [-0.2, 0) is 0 Å². The Bertz CT molecular complexity index is 770. The zero-order valence-electron chi connectivity index (χ0n) is 14.1. The van der Waals surface area contributed by atoms with Gasteiger partial charge in [0.05, 0.1) is 11.9 Å². The molecule has 0 saturated carbocycles. The van der Waals surface area contributed by atoms with Gasteiger partial charge in [0.2, 0.25) is 0 Å². The van der Waals surface area contributed by atoms with E-state index in [1.165, 1.54) is 6.07 Å². The van der Waals surface area contributed by atoms with Gasteiger partial charge < -0.3 is 10.2 Å². The van der Waals surface area contributed by atoms with Crippen molar-refractivity contribution < 1.29 is 4.39 Å². The highest BCUT2D eigenvalue weighted by molar-refractivity contribution is 7.80. The molecular formula is C19H21FN4S. The van der Waals surface area contributed by atoms with Crippen molar-refractivity contribution >= 4 is 34.9 Å². The number of anilines is 2. The molecule has 1 saturated heterocycles. The molecule has 6 heteroatoms. The fourth-order valence-corrected chi connectivity index (χ4v) is 3.03. The lowest BCUT2D eigenvalue weighted by molar-refractivity contribution is 0.622. The standard InChI is InChI=1S/C19H21FN4S/c1-14-11-18(24-9-5-6-10-24)17(20)12-15(14)13-21-23-19(25)22-16-7-3-2-4-8-16/h2-4,7-8,11-13H,5-6,9-10H2,1H3,(H2,22,23,25)/b21-13+. The molecule has 0 atom stereocenters. The SMILES string of the molecule is Cc1cc(N2CCCC2)c(F)cc1/C=N/NC(=S)Nc1ccccc1. The Morgan fingerprint density at radius 2 is 1.92 bits per heavy atom. The molecule has 2 aromatic carbocycles. The Morgan fingerprint density at radius 3 is 2.64 bits per heavy atom. The first kappa shape index (κ1) is 17.4. The zero-order chi connectivity index (χ0) is 17.6. The van der Waals surface area contributed by atoms with Gasteiger partial charge in [0, 0.05) is 24.3 Å². The summed E-state index contributed by atoms with van der Waals surface area (Å²) in [5.41, 5.74) is 6.03. The van der Waals surface area contributed by atoms with E-state index >= 15 is 0 Å². The van der Waals surface area contributed by atoms with Crippen molar-refractivity contribution in [1.82, 2.24) is 5.43 Å². The van der Waals surface area contributed by atoms with Gasteiger partial charge in [-0.1, -0.05) is 18.2 Å². The molecule has 1 heterocycles. The molecule has 4 nitrogen and oxygen atoms in total. The summed E-state index contributed by atoms with van der Waals surface area (Å²) in [5, 5.41) is 7.52. The first-order valence-corrected chi connectivity index (χ1v) is 8.74. The lowest BCUT2D eigenvalue weighted by atomic mass is 10.1. The maximum Gasteiger partial charge on any atom is 0.191 e. The van der Waals surface area contributed by atoms with Crippen molar-refractivity contribution in [3.8, 4) is 0 Å². The average Bonchev–Trinajstić information content (AvgIpc) is 3.13. The first-order chi connectivity index (χ1) is 12.1. The second-order valence-corrected chi connectivity index (χ2v) is 6.45. The summed E-state index contributed by atoms with van der Waals surface area (Å²) in [6.07, 6.45) is 3.83. The van der Waals surface area contributed by atoms with Gasteiger partial charge in [0.15, 0.2) is 5.11 Å². The Labute approximate surface area is 152 Å². The van der Waals surface area contributed by atoms with E-state index in [9.17, 15) is 4.39 Å². The van der Waals surface area contributed by atoms with Crippen molar-refractivity contribution in [2.24, 2.45) is 5.10 Å². The molecule has 0 aliphatic carbocycles. The molecule has 0 aromatic heterocycles. The number of para-hydroxylation sites is 1. The van der Waals surface area contributed by atoms with Crippen LogP contribution >= 0.6 is 12.2 Å². The molecule has 0 radical (unpaired) electrons. The van der Waals surface area contributed by atoms with E-state index in [-0.39, 0.29) is 5.82 Å². The molecule has 3 rings (SSSR count). The highest BCUT2D eigenvalue weighted by Gasteiger charge is 2.17. The van der Waals surface area contributed by atoms with E-state index in [1.54, 1.807) is 6.21 Å². The Hall–Kier alpha value is -2.47. The molecule has 2 N–H and O–H groups in total. The van der Waals surface area contributed by atoms with E-state index < -0.39 is 0 Å². The van der Waals surface area contributed by atoms with E-state index in [0.717, 1.165) is 42.7 Å². The number of nitrogens with zero attached hydrogens (tertiary/aromatic N) is 2. The topological polar surface area (TPSA) is 39.7 Å². The fourth-order valence-electron chi connectivity index (χ4n) is 2.86. The van der Waals surface area contributed by atoms with Crippen LogP contribution in [0.4, 0.5) is 15.8 Å². The molecule has 0 unspecified atom stereocenters. The van der Waals surface area contributed by atoms with Gasteiger partial charge in [-0.25, -0.2) is 4.39 Å². The monoisotopic (exact) mass is 356 g/mol. The molecule has 0 amide bonds. The molecule has 0 bridgehead atoms. The molecule has 130 valence electrons. The Morgan fingerprint density at radius 1 is 1.20 bits per heavy atom. The maximum absolute atomic E-state index is 14.4. The van der Waals surface area contributed by atoms with Crippen LogP contribution in [0.25, 0.3) is 0 Å². The number of thiocarbonyl (C=S) groups is 1. The minimum Gasteiger partial charge on any atom is -0.369 e. The van der Waals surface area contributed by atoms with Gasteiger partial charge in [-0.2, -0.15) is 5.10 Å². The van der Waals surface area contributed by atoms with Crippen LogP contribution in [-0.4, -0.2) is 24.4 Å². The molecule has 1 aliphatic rings. The van der Waals surface area contributed by atoms with E-state index in [0.29, 0.717) is 10.8 Å². The number of rotatable bonds is 4. The Kier molecular flexibility index (Phi) is 5.60. The molecule has 1 aliphatic heterocycles. The summed E-state index contributed by atoms with van der Waals surface area (Å²) in [7, 11) is 0. The molecule has 2 aromatic rings. The van der Waals surface area contributed by atoms with Gasteiger partial charge in [0.1, 0.15) is 5.82 Å². The summed E-state index contributed by atoms with van der Waals surface area (Å²) < 4.78 is 14.4. The summed E-state index contributed by atoms with van der Waals surface area (Å²) >= 11 is 5.19. The first-order valence-electron chi connectivity index (χ1n) is 8.34. The van der Waals surface area contributed by atoms with E-state index in [2.05, 4.69) is 20.7 Å². The highest BCUT2D eigenvalue weighted by atomic mass is 32.1. The van der Waals surface area contributed by atoms with Crippen molar-refractivity contribution in [2.75, 3.05) is 23.3 Å². The third-order valence-corrected chi connectivity index (χ3v) is 4.38. The van der Waals surface area contributed by atoms with Gasteiger partial charge in [0.25, 0.3) is 0 Å². The van der Waals surface area contributed by atoms with Crippen molar-refractivity contribution in [3.05, 3.63) is 59.4 Å². The largest absolute Gasteiger partial charge is 0.369 e. The number of benzene rings is 2. The van der Waals surface area contributed by atoms with Crippen LogP contribution in [0.2, 0.25) is 0 Å². The lowest BCUT2D eigenvalue weighted by Gasteiger charge is -2.19. The number of nitrogens with one attached hydrogen (secondary N) is 2. The van der Waals surface area contributed by atoms with Crippen LogP contribution in [0.3, 0.4) is 0 Å². The fraction of sp³-hybridized carbons (Fsp3) is 0.263. The average molecular weight is 356 g/mol. The van der Waals surface area contributed by atoms with Crippen LogP contribution in [0.15, 0.2) is 47.6 Å². The number of halogens is 1. The van der Waals surface area contributed by atoms with Gasteiger partial charge in [-0.3, -0.25) is 5.43 Å². The predicted octanol–water partition coefficient (Wildman–Crippen LogP) is 4.05. The molecule has 1 fully saturated rings. The van der Waals surface area contributed by atoms with Crippen molar-refractivity contribution in [3.63, 3.8) is 0 Å². The quantitative estimate of drug-likeness (QED) is 0.492. The van der Waals surface area contributed by atoms with Crippen LogP contribution in [0.1, 0.15) is 24.0 Å². The summed E-state index contributed by atoms with van der Waals surface area (Å²) in [5.74, 6) is -0.209. The lowest BCUT2D eigenvalue weighted by Crippen LogP contribution is -2.23. The van der Waals surface area contributed by atoms with Crippen LogP contribution < -0.4 is 15.6 Å². The summed E-state index contributed by atoms with van der Waals surface area (Å²) in [6, 6.07) is 13.0. The Balaban J connectivity index is 1.63. The normalized spacial score (nSPS) is 14.1. The molecule has 25 heavy (non-hydrogen) atoms. The smallest absolute Gasteiger partial charge is 0.191 e.